The fraction of sp³-hybridized carbons (Fsp3) is 0.600. The molecule has 0 amide bonds. The summed E-state index contributed by atoms with van der Waals surface area (Å²) in [4.78, 5) is 0. The van der Waals surface area contributed by atoms with Gasteiger partial charge in [0.05, 0.1) is 0 Å². The molecule has 0 unspecified atom stereocenters. The first kappa shape index (κ1) is 22.9. The van der Waals surface area contributed by atoms with E-state index < -0.39 is 0 Å². The Morgan fingerprint density at radius 1 is 0.783 bits per heavy atom. The molecule has 2 aliphatic rings. The Morgan fingerprint density at radius 3 is 1.35 bits per heavy atom. The van der Waals surface area contributed by atoms with Gasteiger partial charge in [-0.1, -0.05) is 53.4 Å². The van der Waals surface area contributed by atoms with Crippen molar-refractivity contribution in [2.45, 2.75) is 77.3 Å². The minimum Gasteiger partial charge on any atom is -0.274 e. The van der Waals surface area contributed by atoms with Crippen molar-refractivity contribution in [1.29, 1.82) is 0 Å². The first-order valence-corrected chi connectivity index (χ1v) is 12.3. The van der Waals surface area contributed by atoms with Crippen LogP contribution in [0.2, 0.25) is 11.1 Å². The van der Waals surface area contributed by atoms with E-state index in [1.807, 2.05) is 0 Å². The zero-order valence-electron chi connectivity index (χ0n) is 15.4. The summed E-state index contributed by atoms with van der Waals surface area (Å²) in [5.74, 6) is 0. The van der Waals surface area contributed by atoms with Crippen LogP contribution >= 0.6 is 0 Å². The minimum atomic E-state index is 0. The van der Waals surface area contributed by atoms with Crippen molar-refractivity contribution in [3.05, 3.63) is 46.8 Å². The summed E-state index contributed by atoms with van der Waals surface area (Å²) < 4.78 is 0. The van der Waals surface area contributed by atoms with Crippen LogP contribution in [0, 0.1) is 12.2 Å². The normalized spacial score (nSPS) is 16.4. The molecule has 23 heavy (non-hydrogen) atoms. The standard InChI is InChI=1S/2C10H17Si.Ni/c2*1-3-9(4-2)11-10-7-5-6-8-10;/h2*5,7,9H,3-4,6,11H2,1-2H3;/q2*-1;+2. The van der Waals surface area contributed by atoms with Gasteiger partial charge in [-0.05, 0) is 11.1 Å². The zero-order valence-corrected chi connectivity index (χ0v) is 19.3. The van der Waals surface area contributed by atoms with E-state index in [1.165, 1.54) is 25.7 Å². The molecule has 0 spiro atoms. The predicted octanol–water partition coefficient (Wildman–Crippen LogP) is 4.82. The Hall–Kier alpha value is -0.113. The molecule has 0 saturated carbocycles. The van der Waals surface area contributed by atoms with E-state index in [0.29, 0.717) is 0 Å². The van der Waals surface area contributed by atoms with Gasteiger partial charge in [-0.3, -0.25) is 12.2 Å². The van der Waals surface area contributed by atoms with E-state index >= 15 is 0 Å². The summed E-state index contributed by atoms with van der Waals surface area (Å²) in [6.45, 7) is 9.22. The van der Waals surface area contributed by atoms with Crippen LogP contribution < -0.4 is 0 Å². The van der Waals surface area contributed by atoms with Crippen LogP contribution in [0.4, 0.5) is 0 Å². The van der Waals surface area contributed by atoms with Gasteiger partial charge in [0, 0.05) is 19.0 Å². The second-order valence-electron chi connectivity index (χ2n) is 6.39. The molecule has 0 aromatic rings. The Kier molecular flexibility index (Phi) is 14.2. The molecule has 0 bridgehead atoms. The molecule has 2 aliphatic carbocycles. The molecule has 0 atom stereocenters. The van der Waals surface area contributed by atoms with Gasteiger partial charge in [-0.2, -0.15) is 12.2 Å². The number of hydrogen-bond donors (Lipinski definition) is 0. The van der Waals surface area contributed by atoms with Gasteiger partial charge in [-0.25, -0.2) is 22.5 Å². The molecule has 0 aromatic carbocycles. The predicted molar refractivity (Wildman–Crippen MR) is 107 cm³/mol. The molecule has 0 nitrogen and oxygen atoms in total. The van der Waals surface area contributed by atoms with E-state index in [9.17, 15) is 0 Å². The van der Waals surface area contributed by atoms with Crippen LogP contribution in [0.5, 0.6) is 0 Å². The topological polar surface area (TPSA) is 0 Å². The summed E-state index contributed by atoms with van der Waals surface area (Å²) in [5, 5.41) is 3.14. The SMILES string of the molecule is CCC(CC)[SiH2]C1=[C-]CC=C1.CCC(CC)[SiH2]C1=[C-]CC=C1.[Ni+2]. The van der Waals surface area contributed by atoms with Crippen molar-refractivity contribution < 1.29 is 16.5 Å². The molecule has 0 saturated heterocycles. The van der Waals surface area contributed by atoms with E-state index in [4.69, 9.17) is 0 Å². The van der Waals surface area contributed by atoms with Gasteiger partial charge in [0.25, 0.3) is 0 Å². The third-order valence-corrected chi connectivity index (χ3v) is 10.2. The maximum Gasteiger partial charge on any atom is 2.00 e. The van der Waals surface area contributed by atoms with E-state index in [0.717, 1.165) is 23.9 Å². The number of allylic oxidation sites excluding steroid dienone is 8. The average Bonchev–Trinajstić information content (AvgIpc) is 3.24. The quantitative estimate of drug-likeness (QED) is 0.413. The summed E-state index contributed by atoms with van der Waals surface area (Å²) in [6.07, 6.45) is 23.5. The van der Waals surface area contributed by atoms with Crippen molar-refractivity contribution in [3.63, 3.8) is 0 Å². The van der Waals surface area contributed by atoms with Crippen LogP contribution in [-0.2, 0) is 16.5 Å². The Morgan fingerprint density at radius 2 is 1.13 bits per heavy atom. The van der Waals surface area contributed by atoms with E-state index in [1.54, 1.807) is 10.4 Å². The summed E-state index contributed by atoms with van der Waals surface area (Å²) in [7, 11) is 0.0409. The second kappa shape index (κ2) is 14.2. The van der Waals surface area contributed by atoms with Crippen molar-refractivity contribution in [2.24, 2.45) is 0 Å². The molecule has 0 fully saturated rings. The molecule has 132 valence electrons. The molecule has 0 aliphatic heterocycles. The molecule has 3 heteroatoms. The van der Waals surface area contributed by atoms with Gasteiger partial charge in [0.2, 0.25) is 0 Å². The second-order valence-corrected chi connectivity index (χ2v) is 11.0. The zero-order chi connectivity index (χ0) is 16.2. The molecule has 0 heterocycles. The summed E-state index contributed by atoms with van der Waals surface area (Å²) in [5.41, 5.74) is 2.03. The van der Waals surface area contributed by atoms with Gasteiger partial charge >= 0.3 is 16.5 Å². The Bertz CT molecular complexity index is 373. The van der Waals surface area contributed by atoms with Crippen molar-refractivity contribution >= 4 is 19.0 Å². The van der Waals surface area contributed by atoms with Gasteiger partial charge in [0.1, 0.15) is 0 Å². The minimum absolute atomic E-state index is 0. The molecular weight excluding hydrogens is 355 g/mol. The van der Waals surface area contributed by atoms with Crippen molar-refractivity contribution in [1.82, 2.24) is 0 Å². The largest absolute Gasteiger partial charge is 2.00 e. The Labute approximate surface area is 159 Å². The molecule has 0 N–H and O–H groups in total. The van der Waals surface area contributed by atoms with Crippen LogP contribution in [0.15, 0.2) is 34.7 Å². The molecule has 0 aromatic heterocycles. The fourth-order valence-corrected chi connectivity index (χ4v) is 6.54. The van der Waals surface area contributed by atoms with E-state index in [-0.39, 0.29) is 35.5 Å². The third-order valence-electron chi connectivity index (χ3n) is 4.86. The summed E-state index contributed by atoms with van der Waals surface area (Å²) in [6, 6.07) is 0. The third kappa shape index (κ3) is 9.69. The van der Waals surface area contributed by atoms with Crippen LogP contribution in [-0.4, -0.2) is 19.0 Å². The van der Waals surface area contributed by atoms with Crippen LogP contribution in [0.1, 0.15) is 66.2 Å². The first-order valence-electron chi connectivity index (χ1n) is 9.25. The fourth-order valence-electron chi connectivity index (χ4n) is 2.96. The molecular formula is C20H34NiSi2. The number of rotatable bonds is 8. The molecule has 2 rings (SSSR count). The number of hydrogen-bond acceptors (Lipinski definition) is 0. The van der Waals surface area contributed by atoms with Gasteiger partial charge < -0.3 is 0 Å². The van der Waals surface area contributed by atoms with E-state index in [2.05, 4.69) is 64.2 Å². The van der Waals surface area contributed by atoms with Crippen LogP contribution in [0.3, 0.4) is 0 Å². The monoisotopic (exact) mass is 388 g/mol. The first-order chi connectivity index (χ1) is 10.7. The maximum absolute atomic E-state index is 3.42. The molecule has 0 radical (unpaired) electrons. The maximum atomic E-state index is 3.42. The van der Waals surface area contributed by atoms with Crippen LogP contribution in [0.25, 0.3) is 0 Å². The van der Waals surface area contributed by atoms with Gasteiger partial charge in [-0.15, -0.1) is 12.8 Å². The Balaban J connectivity index is 0.000000403. The van der Waals surface area contributed by atoms with Gasteiger partial charge in [0.15, 0.2) is 0 Å². The smallest absolute Gasteiger partial charge is 0.274 e. The summed E-state index contributed by atoms with van der Waals surface area (Å²) >= 11 is 0. The van der Waals surface area contributed by atoms with Crippen molar-refractivity contribution in [3.8, 4) is 0 Å². The van der Waals surface area contributed by atoms with Crippen molar-refractivity contribution in [2.75, 3.05) is 0 Å². The average molecular weight is 389 g/mol.